The largest absolute Gasteiger partial charge is 0.416 e. The van der Waals surface area contributed by atoms with Gasteiger partial charge in [-0.2, -0.15) is 0 Å². The standard InChI is InChI=1S/C18H23N3O6S3/c1-11-7-15(12(2)21(11)14-4-6-30(25,26)10-14)16(22)8-28-18-20-19-17(27-18)13-3-5-29(23,24)9-13/h7,13-14H,3-6,8-10H2,1-2H3/t13-,14-/m1/s1. The fourth-order valence-electron chi connectivity index (χ4n) is 4.24. The Morgan fingerprint density at radius 3 is 2.47 bits per heavy atom. The summed E-state index contributed by atoms with van der Waals surface area (Å²) in [5, 5.41) is 8.10. The van der Waals surface area contributed by atoms with Gasteiger partial charge in [0.1, 0.15) is 0 Å². The van der Waals surface area contributed by atoms with Gasteiger partial charge in [0.05, 0.1) is 34.7 Å². The molecule has 4 rings (SSSR count). The third-order valence-corrected chi connectivity index (χ3v) is 10.0. The quantitative estimate of drug-likeness (QED) is 0.455. The van der Waals surface area contributed by atoms with E-state index >= 15 is 0 Å². The summed E-state index contributed by atoms with van der Waals surface area (Å²) in [5.74, 6) is 0.421. The van der Waals surface area contributed by atoms with E-state index < -0.39 is 19.7 Å². The molecular formula is C18H23N3O6S3. The predicted molar refractivity (Wildman–Crippen MR) is 112 cm³/mol. The molecule has 9 nitrogen and oxygen atoms in total. The summed E-state index contributed by atoms with van der Waals surface area (Å²) < 4.78 is 54.4. The Morgan fingerprint density at radius 1 is 1.13 bits per heavy atom. The molecule has 4 heterocycles. The maximum Gasteiger partial charge on any atom is 0.277 e. The van der Waals surface area contributed by atoms with E-state index in [0.29, 0.717) is 24.3 Å². The Hall–Kier alpha value is -1.66. The van der Waals surface area contributed by atoms with Gasteiger partial charge < -0.3 is 8.98 Å². The summed E-state index contributed by atoms with van der Waals surface area (Å²) in [6.45, 7) is 3.71. The zero-order chi connectivity index (χ0) is 21.7. The number of aryl methyl sites for hydroxylation is 1. The van der Waals surface area contributed by atoms with Crippen LogP contribution < -0.4 is 0 Å². The van der Waals surface area contributed by atoms with E-state index in [1.54, 1.807) is 6.07 Å². The van der Waals surface area contributed by atoms with Crippen LogP contribution in [0.5, 0.6) is 0 Å². The highest BCUT2D eigenvalue weighted by Crippen LogP contribution is 2.31. The Morgan fingerprint density at radius 2 is 1.83 bits per heavy atom. The van der Waals surface area contributed by atoms with Crippen molar-refractivity contribution in [3.05, 3.63) is 28.9 Å². The number of carbonyl (C=O) groups excluding carboxylic acids is 1. The first kappa shape index (κ1) is 21.6. The van der Waals surface area contributed by atoms with Crippen molar-refractivity contribution < 1.29 is 26.0 Å². The normalized spacial score (nSPS) is 25.0. The van der Waals surface area contributed by atoms with Crippen molar-refractivity contribution in [1.82, 2.24) is 14.8 Å². The molecule has 2 saturated heterocycles. The number of sulfone groups is 2. The van der Waals surface area contributed by atoms with Crippen molar-refractivity contribution in [3.63, 3.8) is 0 Å². The third kappa shape index (κ3) is 4.35. The van der Waals surface area contributed by atoms with E-state index in [1.807, 2.05) is 18.4 Å². The van der Waals surface area contributed by atoms with E-state index in [-0.39, 0.29) is 51.7 Å². The molecule has 2 aromatic rings. The minimum atomic E-state index is -3.05. The van der Waals surface area contributed by atoms with E-state index in [1.165, 1.54) is 0 Å². The smallest absolute Gasteiger partial charge is 0.277 e. The molecule has 30 heavy (non-hydrogen) atoms. The summed E-state index contributed by atoms with van der Waals surface area (Å²) in [4.78, 5) is 12.8. The second kappa shape index (κ2) is 7.79. The van der Waals surface area contributed by atoms with Gasteiger partial charge in [-0.15, -0.1) is 10.2 Å². The predicted octanol–water partition coefficient (Wildman–Crippen LogP) is 1.72. The average molecular weight is 474 g/mol. The topological polar surface area (TPSA) is 129 Å². The number of aromatic nitrogens is 3. The zero-order valence-corrected chi connectivity index (χ0v) is 19.1. The minimum absolute atomic E-state index is 0.0150. The highest BCUT2D eigenvalue weighted by Gasteiger charge is 2.33. The van der Waals surface area contributed by atoms with Gasteiger partial charge in [-0.1, -0.05) is 11.8 Å². The van der Waals surface area contributed by atoms with Crippen molar-refractivity contribution in [2.24, 2.45) is 0 Å². The van der Waals surface area contributed by atoms with Gasteiger partial charge in [0.25, 0.3) is 5.22 Å². The van der Waals surface area contributed by atoms with Crippen LogP contribution in [0.1, 0.15) is 52.4 Å². The zero-order valence-electron chi connectivity index (χ0n) is 16.7. The SMILES string of the molecule is Cc1cc(C(=O)CSc2nnc([C@@H]3CCS(=O)(=O)C3)o2)c(C)n1[C@@H]1CCS(=O)(=O)C1. The maximum atomic E-state index is 12.8. The summed E-state index contributed by atoms with van der Waals surface area (Å²) >= 11 is 1.11. The first-order valence-corrected chi connectivity index (χ1v) is 14.3. The molecule has 0 spiro atoms. The lowest BCUT2D eigenvalue weighted by atomic mass is 10.1. The number of Topliss-reactive ketones (excluding diaryl/α,β-unsaturated/α-hetero) is 1. The van der Waals surface area contributed by atoms with Crippen molar-refractivity contribution in [1.29, 1.82) is 0 Å². The molecule has 0 radical (unpaired) electrons. The molecule has 0 unspecified atom stereocenters. The van der Waals surface area contributed by atoms with Crippen LogP contribution in [-0.2, 0) is 19.7 Å². The number of thioether (sulfide) groups is 1. The lowest BCUT2D eigenvalue weighted by molar-refractivity contribution is 0.102. The number of hydrogen-bond acceptors (Lipinski definition) is 9. The Labute approximate surface area is 179 Å². The second-order valence-electron chi connectivity index (χ2n) is 7.93. The monoisotopic (exact) mass is 473 g/mol. The number of hydrogen-bond donors (Lipinski definition) is 0. The molecule has 2 fully saturated rings. The number of carbonyl (C=O) groups is 1. The third-order valence-electron chi connectivity index (χ3n) is 5.69. The summed E-state index contributed by atoms with van der Waals surface area (Å²) in [7, 11) is -6.07. The van der Waals surface area contributed by atoms with Crippen molar-refractivity contribution in [2.45, 2.75) is 43.9 Å². The van der Waals surface area contributed by atoms with Crippen molar-refractivity contribution in [2.75, 3.05) is 28.8 Å². The molecule has 2 aliphatic rings. The molecule has 2 aromatic heterocycles. The molecule has 0 saturated carbocycles. The summed E-state index contributed by atoms with van der Waals surface area (Å²) in [6.07, 6.45) is 1.03. The summed E-state index contributed by atoms with van der Waals surface area (Å²) in [6, 6.07) is 1.66. The molecular weight excluding hydrogens is 450 g/mol. The Kier molecular flexibility index (Phi) is 5.60. The van der Waals surface area contributed by atoms with Gasteiger partial charge in [-0.05, 0) is 32.8 Å². The minimum Gasteiger partial charge on any atom is -0.416 e. The number of ketones is 1. The fraction of sp³-hybridized carbons (Fsp3) is 0.611. The Bertz CT molecular complexity index is 1200. The van der Waals surface area contributed by atoms with Crippen molar-refractivity contribution in [3.8, 4) is 0 Å². The molecule has 2 atom stereocenters. The van der Waals surface area contributed by atoms with Crippen LogP contribution in [0, 0.1) is 13.8 Å². The highest BCUT2D eigenvalue weighted by atomic mass is 32.2. The summed E-state index contributed by atoms with van der Waals surface area (Å²) in [5.41, 5.74) is 2.19. The maximum absolute atomic E-state index is 12.8. The van der Waals surface area contributed by atoms with E-state index in [4.69, 9.17) is 4.42 Å². The lowest BCUT2D eigenvalue weighted by Crippen LogP contribution is -2.14. The van der Waals surface area contributed by atoms with Crippen LogP contribution in [0.15, 0.2) is 15.7 Å². The van der Waals surface area contributed by atoms with Gasteiger partial charge in [0.15, 0.2) is 25.5 Å². The van der Waals surface area contributed by atoms with E-state index in [0.717, 1.165) is 23.1 Å². The van der Waals surface area contributed by atoms with Crippen LogP contribution >= 0.6 is 11.8 Å². The molecule has 0 N–H and O–H groups in total. The molecule has 0 aliphatic carbocycles. The first-order valence-electron chi connectivity index (χ1n) is 9.63. The molecule has 12 heteroatoms. The van der Waals surface area contributed by atoms with Crippen LogP contribution in [0.4, 0.5) is 0 Å². The van der Waals surface area contributed by atoms with Gasteiger partial charge in [0.2, 0.25) is 5.89 Å². The Balaban J connectivity index is 1.42. The van der Waals surface area contributed by atoms with Crippen LogP contribution in [0.25, 0.3) is 0 Å². The van der Waals surface area contributed by atoms with Crippen LogP contribution in [-0.4, -0.2) is 66.1 Å². The van der Waals surface area contributed by atoms with Gasteiger partial charge in [-0.3, -0.25) is 4.79 Å². The fourth-order valence-corrected chi connectivity index (χ4v) is 8.32. The van der Waals surface area contributed by atoms with Crippen molar-refractivity contribution >= 4 is 37.2 Å². The molecule has 164 valence electrons. The number of nitrogens with zero attached hydrogens (tertiary/aromatic N) is 3. The van der Waals surface area contributed by atoms with Gasteiger partial charge in [0, 0.05) is 23.0 Å². The molecule has 2 aliphatic heterocycles. The van der Waals surface area contributed by atoms with E-state index in [2.05, 4.69) is 10.2 Å². The van der Waals surface area contributed by atoms with Crippen LogP contribution in [0.2, 0.25) is 0 Å². The highest BCUT2D eigenvalue weighted by molar-refractivity contribution is 7.99. The molecule has 0 amide bonds. The molecule has 0 bridgehead atoms. The van der Waals surface area contributed by atoms with Gasteiger partial charge in [-0.25, -0.2) is 16.8 Å². The lowest BCUT2D eigenvalue weighted by Gasteiger charge is -2.16. The molecule has 0 aromatic carbocycles. The van der Waals surface area contributed by atoms with Gasteiger partial charge >= 0.3 is 0 Å². The second-order valence-corrected chi connectivity index (χ2v) is 13.3. The average Bonchev–Trinajstić information content (AvgIpc) is 3.40. The first-order chi connectivity index (χ1) is 14.0. The van der Waals surface area contributed by atoms with E-state index in [9.17, 15) is 21.6 Å². The van der Waals surface area contributed by atoms with Crippen LogP contribution in [0.3, 0.4) is 0 Å². The number of rotatable bonds is 6.